The summed E-state index contributed by atoms with van der Waals surface area (Å²) >= 11 is 1.64. The molecule has 7 heteroatoms. The average Bonchev–Trinajstić information content (AvgIpc) is 3.14. The Labute approximate surface area is 169 Å². The van der Waals surface area contributed by atoms with Gasteiger partial charge in [-0.2, -0.15) is 0 Å². The van der Waals surface area contributed by atoms with E-state index in [-0.39, 0.29) is 11.8 Å². The van der Waals surface area contributed by atoms with Crippen molar-refractivity contribution in [3.8, 4) is 0 Å². The van der Waals surface area contributed by atoms with E-state index >= 15 is 0 Å². The monoisotopic (exact) mass is 398 g/mol. The molecule has 2 amide bonds. The lowest BCUT2D eigenvalue weighted by atomic mass is 10.0. The summed E-state index contributed by atoms with van der Waals surface area (Å²) in [6.45, 7) is 5.41. The molecule has 2 aromatic heterocycles. The van der Waals surface area contributed by atoms with E-state index in [2.05, 4.69) is 39.6 Å². The van der Waals surface area contributed by atoms with Crippen molar-refractivity contribution in [2.24, 2.45) is 0 Å². The van der Waals surface area contributed by atoms with Crippen LogP contribution in [0.4, 0.5) is 0 Å². The molecular formula is C21H26N4O2S. The second-order valence-corrected chi connectivity index (χ2v) is 8.45. The van der Waals surface area contributed by atoms with Gasteiger partial charge in [0.2, 0.25) is 5.91 Å². The normalized spacial score (nSPS) is 19.8. The Kier molecular flexibility index (Phi) is 5.73. The van der Waals surface area contributed by atoms with E-state index in [0.29, 0.717) is 13.0 Å². The van der Waals surface area contributed by atoms with Gasteiger partial charge in [-0.3, -0.25) is 19.5 Å². The molecule has 2 N–H and O–H groups in total. The number of nitrogens with one attached hydrogen (secondary N) is 2. The van der Waals surface area contributed by atoms with E-state index in [4.69, 9.17) is 0 Å². The smallest absolute Gasteiger partial charge is 0.253 e. The molecule has 6 nitrogen and oxygen atoms in total. The molecule has 1 saturated heterocycles. The Morgan fingerprint density at radius 1 is 1.43 bits per heavy atom. The Balaban J connectivity index is 1.39. The van der Waals surface area contributed by atoms with Gasteiger partial charge in [-0.05, 0) is 42.9 Å². The zero-order chi connectivity index (χ0) is 19.5. The Morgan fingerprint density at radius 3 is 3.07 bits per heavy atom. The van der Waals surface area contributed by atoms with Crippen LogP contribution in [0.3, 0.4) is 0 Å². The number of thiophene rings is 1. The maximum atomic E-state index is 12.7. The van der Waals surface area contributed by atoms with Crippen LogP contribution in [0.1, 0.15) is 51.8 Å². The predicted molar refractivity (Wildman–Crippen MR) is 109 cm³/mol. The second-order valence-electron chi connectivity index (χ2n) is 7.48. The number of nitrogens with zero attached hydrogens (tertiary/aromatic N) is 2. The molecule has 4 rings (SSSR count). The second kappa shape index (κ2) is 8.41. The molecule has 28 heavy (non-hydrogen) atoms. The fourth-order valence-corrected chi connectivity index (χ4v) is 4.96. The molecule has 0 aromatic carbocycles. The number of pyridine rings is 1. The molecule has 0 bridgehead atoms. The van der Waals surface area contributed by atoms with Gasteiger partial charge in [-0.15, -0.1) is 11.3 Å². The van der Waals surface area contributed by atoms with Gasteiger partial charge >= 0.3 is 0 Å². The quantitative estimate of drug-likeness (QED) is 0.810. The lowest BCUT2D eigenvalue weighted by Gasteiger charge is -2.27. The van der Waals surface area contributed by atoms with Crippen LogP contribution in [0.2, 0.25) is 0 Å². The maximum absolute atomic E-state index is 12.7. The van der Waals surface area contributed by atoms with Crippen molar-refractivity contribution in [1.29, 1.82) is 0 Å². The zero-order valence-corrected chi connectivity index (χ0v) is 17.0. The fourth-order valence-electron chi connectivity index (χ4n) is 3.84. The number of hydrogen-bond acceptors (Lipinski definition) is 5. The highest BCUT2D eigenvalue weighted by Gasteiger charge is 2.28. The molecule has 2 aliphatic heterocycles. The van der Waals surface area contributed by atoms with Gasteiger partial charge in [0.05, 0.1) is 11.3 Å². The van der Waals surface area contributed by atoms with Crippen molar-refractivity contribution < 1.29 is 9.59 Å². The summed E-state index contributed by atoms with van der Waals surface area (Å²) < 4.78 is 0. The number of aryl methyl sites for hydroxylation is 1. The van der Waals surface area contributed by atoms with Crippen LogP contribution >= 0.6 is 11.3 Å². The van der Waals surface area contributed by atoms with Gasteiger partial charge in [0.15, 0.2) is 0 Å². The molecule has 4 heterocycles. The summed E-state index contributed by atoms with van der Waals surface area (Å²) in [6.07, 6.45) is 5.43. The van der Waals surface area contributed by atoms with Crippen LogP contribution in [-0.4, -0.2) is 40.8 Å². The van der Waals surface area contributed by atoms with E-state index in [9.17, 15) is 9.59 Å². The average molecular weight is 399 g/mol. The summed E-state index contributed by atoms with van der Waals surface area (Å²) in [4.78, 5) is 32.8. The van der Waals surface area contributed by atoms with Crippen molar-refractivity contribution in [3.05, 3.63) is 51.0 Å². The molecule has 0 saturated carbocycles. The van der Waals surface area contributed by atoms with Crippen molar-refractivity contribution in [1.82, 2.24) is 20.5 Å². The van der Waals surface area contributed by atoms with E-state index < -0.39 is 6.04 Å². The predicted octanol–water partition coefficient (Wildman–Crippen LogP) is 2.27. The first-order valence-corrected chi connectivity index (χ1v) is 10.9. The van der Waals surface area contributed by atoms with Crippen LogP contribution in [0, 0.1) is 0 Å². The van der Waals surface area contributed by atoms with Crippen molar-refractivity contribution >= 4 is 23.2 Å². The van der Waals surface area contributed by atoms with Crippen LogP contribution in [0.15, 0.2) is 23.7 Å². The number of piperidine rings is 1. The first-order chi connectivity index (χ1) is 13.6. The molecule has 0 spiro atoms. The minimum atomic E-state index is -0.408. The molecule has 148 valence electrons. The minimum absolute atomic E-state index is 0.0727. The number of amides is 2. The summed E-state index contributed by atoms with van der Waals surface area (Å²) in [5, 5.41) is 7.68. The van der Waals surface area contributed by atoms with Gasteiger partial charge in [0.25, 0.3) is 5.91 Å². The molecule has 1 atom stereocenters. The van der Waals surface area contributed by atoms with Crippen LogP contribution < -0.4 is 10.6 Å². The third-order valence-electron chi connectivity index (χ3n) is 5.54. The van der Waals surface area contributed by atoms with E-state index in [1.54, 1.807) is 11.3 Å². The van der Waals surface area contributed by atoms with Crippen molar-refractivity contribution in [3.63, 3.8) is 0 Å². The number of hydrogen-bond donors (Lipinski definition) is 2. The van der Waals surface area contributed by atoms with Gasteiger partial charge in [0, 0.05) is 42.6 Å². The van der Waals surface area contributed by atoms with E-state index in [1.807, 2.05) is 11.6 Å². The van der Waals surface area contributed by atoms with Gasteiger partial charge in [-0.25, -0.2) is 0 Å². The summed E-state index contributed by atoms with van der Waals surface area (Å²) in [6, 6.07) is 3.85. The molecule has 0 aliphatic carbocycles. The van der Waals surface area contributed by atoms with Crippen molar-refractivity contribution in [2.75, 3.05) is 13.1 Å². The number of fused-ring (bicyclic) bond motifs is 1. The highest BCUT2D eigenvalue weighted by molar-refractivity contribution is 7.10. The van der Waals surface area contributed by atoms with Crippen molar-refractivity contribution in [2.45, 2.75) is 51.7 Å². The first kappa shape index (κ1) is 19.1. The standard InChI is InChI=1S/C21H26N4O2S/c1-2-14-5-6-15(23-10-14)11-25-9-7-16-17(13-28-19(16)12-25)20(26)24-18-4-3-8-22-21(18)27/h5-6,10,13,18H,2-4,7-9,11-12H2,1H3,(H,22,27)(H,24,26)/t18-/m1/s1. The summed E-state index contributed by atoms with van der Waals surface area (Å²) in [5.74, 6) is -0.193. The topological polar surface area (TPSA) is 74.3 Å². The third kappa shape index (κ3) is 4.10. The number of rotatable bonds is 5. The number of carbonyl (C=O) groups excluding carboxylic acids is 2. The SMILES string of the molecule is CCc1ccc(CN2CCc3c(C(=O)N[C@@H]4CCCNC4=O)csc3C2)nc1. The molecular weight excluding hydrogens is 372 g/mol. The minimum Gasteiger partial charge on any atom is -0.354 e. The Bertz CT molecular complexity index is 862. The van der Waals surface area contributed by atoms with E-state index in [1.165, 1.54) is 10.4 Å². The maximum Gasteiger partial charge on any atom is 0.253 e. The zero-order valence-electron chi connectivity index (χ0n) is 16.2. The number of carbonyl (C=O) groups is 2. The van der Waals surface area contributed by atoms with Crippen LogP contribution in [-0.2, 0) is 30.7 Å². The van der Waals surface area contributed by atoms with Crippen LogP contribution in [0.5, 0.6) is 0 Å². The highest BCUT2D eigenvalue weighted by atomic mass is 32.1. The van der Waals surface area contributed by atoms with Gasteiger partial charge in [0.1, 0.15) is 6.04 Å². The van der Waals surface area contributed by atoms with E-state index in [0.717, 1.165) is 55.7 Å². The van der Waals surface area contributed by atoms with Gasteiger partial charge < -0.3 is 10.6 Å². The van der Waals surface area contributed by atoms with Gasteiger partial charge in [-0.1, -0.05) is 13.0 Å². The molecule has 2 aliphatic rings. The van der Waals surface area contributed by atoms with Crippen LogP contribution in [0.25, 0.3) is 0 Å². The fraction of sp³-hybridized carbons (Fsp3) is 0.476. The molecule has 1 fully saturated rings. The Morgan fingerprint density at radius 2 is 2.32 bits per heavy atom. The molecule has 0 radical (unpaired) electrons. The highest BCUT2D eigenvalue weighted by Crippen LogP contribution is 2.29. The lowest BCUT2D eigenvalue weighted by Crippen LogP contribution is -2.50. The third-order valence-corrected chi connectivity index (χ3v) is 6.55. The first-order valence-electron chi connectivity index (χ1n) is 9.98. The summed E-state index contributed by atoms with van der Waals surface area (Å²) in [5.41, 5.74) is 4.22. The number of aromatic nitrogens is 1. The largest absolute Gasteiger partial charge is 0.354 e. The summed E-state index contributed by atoms with van der Waals surface area (Å²) in [7, 11) is 0. The lowest BCUT2D eigenvalue weighted by molar-refractivity contribution is -0.124. The Hall–Kier alpha value is -2.25. The molecule has 2 aromatic rings. The molecule has 0 unspecified atom stereocenters.